The largest absolute Gasteiger partial charge is 0.375 e. The average Bonchev–Trinajstić information content (AvgIpc) is 2.86. The van der Waals surface area contributed by atoms with Crippen molar-refractivity contribution in [3.63, 3.8) is 0 Å². The Morgan fingerprint density at radius 2 is 2.38 bits per heavy atom. The van der Waals surface area contributed by atoms with E-state index in [2.05, 4.69) is 9.59 Å². The van der Waals surface area contributed by atoms with Crippen LogP contribution in [-0.2, 0) is 11.3 Å². The summed E-state index contributed by atoms with van der Waals surface area (Å²) < 4.78 is 9.80. The summed E-state index contributed by atoms with van der Waals surface area (Å²) in [6.07, 6.45) is 3.93. The summed E-state index contributed by atoms with van der Waals surface area (Å²) in [7, 11) is 0. The van der Waals surface area contributed by atoms with Gasteiger partial charge in [0.15, 0.2) is 0 Å². The fourth-order valence-corrected chi connectivity index (χ4v) is 1.71. The summed E-state index contributed by atoms with van der Waals surface area (Å²) in [6.45, 7) is 1.32. The Balaban J connectivity index is 1.64. The van der Waals surface area contributed by atoms with Crippen LogP contribution < -0.4 is 0 Å². The number of nitrogens with zero attached hydrogens (tertiary/aromatic N) is 2. The molecule has 0 amide bonds. The van der Waals surface area contributed by atoms with Gasteiger partial charge in [-0.3, -0.25) is 0 Å². The van der Waals surface area contributed by atoms with Gasteiger partial charge in [0.25, 0.3) is 0 Å². The normalized spacial score (nSPS) is 16.4. The van der Waals surface area contributed by atoms with Crippen molar-refractivity contribution >= 4 is 23.1 Å². The third-order valence-electron chi connectivity index (χ3n) is 2.12. The number of rotatable bonds is 5. The molecule has 0 bridgehead atoms. The molecule has 0 unspecified atom stereocenters. The quantitative estimate of drug-likeness (QED) is 0.713. The molecule has 1 aliphatic rings. The Hall–Kier alpha value is -0.190. The second kappa shape index (κ2) is 4.35. The standard InChI is InChI=1S/C8H11ClN2OS/c9-8-7(10-11-13-8)5-12-4-3-6-1-2-6/h6H,1-5H2. The van der Waals surface area contributed by atoms with E-state index in [0.29, 0.717) is 10.9 Å². The zero-order chi connectivity index (χ0) is 9.10. The summed E-state index contributed by atoms with van der Waals surface area (Å²) in [5, 5.41) is 3.86. The SMILES string of the molecule is Clc1snnc1COCCC1CC1. The van der Waals surface area contributed by atoms with Crippen LogP contribution in [0.1, 0.15) is 25.0 Å². The van der Waals surface area contributed by atoms with Crippen molar-refractivity contribution in [1.82, 2.24) is 9.59 Å². The van der Waals surface area contributed by atoms with Crippen molar-refractivity contribution in [3.8, 4) is 0 Å². The summed E-state index contributed by atoms with van der Waals surface area (Å²) >= 11 is 7.01. The molecule has 1 aromatic heterocycles. The van der Waals surface area contributed by atoms with Crippen molar-refractivity contribution in [3.05, 3.63) is 10.0 Å². The smallest absolute Gasteiger partial charge is 0.139 e. The predicted molar refractivity (Wildman–Crippen MR) is 51.9 cm³/mol. The number of ether oxygens (including phenoxy) is 1. The molecule has 0 spiro atoms. The fraction of sp³-hybridized carbons (Fsp3) is 0.750. The Labute approximate surface area is 86.2 Å². The van der Waals surface area contributed by atoms with Gasteiger partial charge in [-0.25, -0.2) is 0 Å². The van der Waals surface area contributed by atoms with Gasteiger partial charge in [0.2, 0.25) is 0 Å². The van der Waals surface area contributed by atoms with E-state index in [1.807, 2.05) is 0 Å². The van der Waals surface area contributed by atoms with Gasteiger partial charge < -0.3 is 4.74 Å². The summed E-state index contributed by atoms with van der Waals surface area (Å²) in [5.74, 6) is 0.920. The van der Waals surface area contributed by atoms with Crippen LogP contribution in [-0.4, -0.2) is 16.2 Å². The zero-order valence-electron chi connectivity index (χ0n) is 7.20. The topological polar surface area (TPSA) is 35.0 Å². The van der Waals surface area contributed by atoms with E-state index in [9.17, 15) is 0 Å². The molecule has 0 aliphatic heterocycles. The molecule has 0 N–H and O–H groups in total. The van der Waals surface area contributed by atoms with E-state index in [0.717, 1.165) is 18.2 Å². The highest BCUT2D eigenvalue weighted by atomic mass is 35.5. The monoisotopic (exact) mass is 218 g/mol. The minimum Gasteiger partial charge on any atom is -0.375 e. The van der Waals surface area contributed by atoms with Gasteiger partial charge in [0.05, 0.1) is 6.61 Å². The van der Waals surface area contributed by atoms with Crippen molar-refractivity contribution in [2.75, 3.05) is 6.61 Å². The second-order valence-corrected chi connectivity index (χ2v) is 4.63. The Bertz CT molecular complexity index is 275. The van der Waals surface area contributed by atoms with Crippen LogP contribution in [0.2, 0.25) is 4.34 Å². The summed E-state index contributed by atoms with van der Waals surface area (Å²) in [6, 6.07) is 0. The van der Waals surface area contributed by atoms with Gasteiger partial charge >= 0.3 is 0 Å². The molecule has 1 fully saturated rings. The molecule has 1 heterocycles. The molecular formula is C8H11ClN2OS. The maximum absolute atomic E-state index is 5.81. The van der Waals surface area contributed by atoms with Crippen LogP contribution in [0.5, 0.6) is 0 Å². The van der Waals surface area contributed by atoms with E-state index in [1.165, 1.54) is 30.8 Å². The highest BCUT2D eigenvalue weighted by molar-refractivity contribution is 7.10. The lowest BCUT2D eigenvalue weighted by Crippen LogP contribution is -1.97. The van der Waals surface area contributed by atoms with E-state index in [-0.39, 0.29) is 0 Å². The summed E-state index contributed by atoms with van der Waals surface area (Å²) in [4.78, 5) is 0. The number of aromatic nitrogens is 2. The van der Waals surface area contributed by atoms with E-state index >= 15 is 0 Å². The number of hydrogen-bond acceptors (Lipinski definition) is 4. The first kappa shape index (κ1) is 9.37. The van der Waals surface area contributed by atoms with Gasteiger partial charge in [-0.2, -0.15) is 0 Å². The van der Waals surface area contributed by atoms with Gasteiger partial charge in [0, 0.05) is 18.1 Å². The molecule has 13 heavy (non-hydrogen) atoms. The fourth-order valence-electron chi connectivity index (χ4n) is 1.11. The van der Waals surface area contributed by atoms with Gasteiger partial charge in [0.1, 0.15) is 10.0 Å². The van der Waals surface area contributed by atoms with E-state index in [4.69, 9.17) is 16.3 Å². The minimum atomic E-state index is 0.502. The van der Waals surface area contributed by atoms with Crippen molar-refractivity contribution in [2.24, 2.45) is 5.92 Å². The second-order valence-electron chi connectivity index (χ2n) is 3.28. The first-order valence-corrected chi connectivity index (χ1v) is 5.56. The Morgan fingerprint density at radius 1 is 1.54 bits per heavy atom. The molecule has 0 saturated heterocycles. The highest BCUT2D eigenvalue weighted by Crippen LogP contribution is 2.32. The molecule has 72 valence electrons. The first-order valence-electron chi connectivity index (χ1n) is 4.40. The predicted octanol–water partition coefficient (Wildman–Crippen LogP) is 2.51. The van der Waals surface area contributed by atoms with Crippen LogP contribution in [0.15, 0.2) is 0 Å². The Morgan fingerprint density at radius 3 is 3.00 bits per heavy atom. The van der Waals surface area contributed by atoms with E-state index in [1.54, 1.807) is 0 Å². The molecule has 1 aliphatic carbocycles. The molecule has 3 nitrogen and oxygen atoms in total. The molecule has 1 saturated carbocycles. The third-order valence-corrected chi connectivity index (χ3v) is 3.10. The van der Waals surface area contributed by atoms with Crippen LogP contribution in [0.4, 0.5) is 0 Å². The minimum absolute atomic E-state index is 0.502. The van der Waals surface area contributed by atoms with Crippen LogP contribution in [0, 0.1) is 5.92 Å². The van der Waals surface area contributed by atoms with E-state index < -0.39 is 0 Å². The molecule has 1 aromatic rings. The first-order chi connectivity index (χ1) is 6.36. The molecule has 5 heteroatoms. The summed E-state index contributed by atoms with van der Waals surface area (Å²) in [5.41, 5.74) is 0.766. The van der Waals surface area contributed by atoms with Gasteiger partial charge in [-0.15, -0.1) is 5.10 Å². The molecule has 0 radical (unpaired) electrons. The zero-order valence-corrected chi connectivity index (χ0v) is 8.77. The lowest BCUT2D eigenvalue weighted by molar-refractivity contribution is 0.112. The van der Waals surface area contributed by atoms with Crippen LogP contribution >= 0.6 is 23.1 Å². The van der Waals surface area contributed by atoms with Gasteiger partial charge in [-0.1, -0.05) is 28.9 Å². The lowest BCUT2D eigenvalue weighted by atomic mass is 10.3. The maximum atomic E-state index is 5.81. The van der Waals surface area contributed by atoms with Crippen molar-refractivity contribution < 1.29 is 4.74 Å². The van der Waals surface area contributed by atoms with Crippen LogP contribution in [0.25, 0.3) is 0 Å². The lowest BCUT2D eigenvalue weighted by Gasteiger charge is -2.00. The maximum Gasteiger partial charge on any atom is 0.139 e. The molecule has 0 aromatic carbocycles. The average molecular weight is 219 g/mol. The third kappa shape index (κ3) is 2.90. The molecular weight excluding hydrogens is 208 g/mol. The number of hydrogen-bond donors (Lipinski definition) is 0. The van der Waals surface area contributed by atoms with Gasteiger partial charge in [-0.05, 0) is 12.3 Å². The van der Waals surface area contributed by atoms with Crippen molar-refractivity contribution in [2.45, 2.75) is 25.9 Å². The van der Waals surface area contributed by atoms with Crippen molar-refractivity contribution in [1.29, 1.82) is 0 Å². The molecule has 0 atom stereocenters. The Kier molecular flexibility index (Phi) is 3.14. The van der Waals surface area contributed by atoms with Crippen LogP contribution in [0.3, 0.4) is 0 Å². The number of halogens is 1. The molecule has 2 rings (SSSR count). The highest BCUT2D eigenvalue weighted by Gasteiger charge is 2.20.